The second-order valence-corrected chi connectivity index (χ2v) is 7.65. The zero-order valence-electron chi connectivity index (χ0n) is 14.4. The topological polar surface area (TPSA) is 68.0 Å². The first-order valence-electron chi connectivity index (χ1n) is 8.55. The zero-order valence-corrected chi connectivity index (χ0v) is 16.0. The fourth-order valence-electron chi connectivity index (χ4n) is 2.38. The van der Waals surface area contributed by atoms with Gasteiger partial charge in [-0.1, -0.05) is 35.5 Å². The molecule has 1 aromatic carbocycles. The number of carbonyl (C=O) groups is 1. The van der Waals surface area contributed by atoms with Crippen molar-refractivity contribution in [2.45, 2.75) is 25.0 Å². The van der Waals surface area contributed by atoms with Crippen LogP contribution in [-0.4, -0.2) is 28.3 Å². The second-order valence-electron chi connectivity index (χ2n) is 5.77. The molecule has 0 aliphatic carbocycles. The molecule has 0 aliphatic rings. The number of carbonyl (C=O) groups excluding carboxylic acids is 1. The first kappa shape index (κ1) is 18.7. The monoisotopic (exact) mass is 387 g/mol. The molecule has 0 spiro atoms. The number of hydrogen-bond acceptors (Lipinski definition) is 6. The van der Waals surface area contributed by atoms with Crippen molar-refractivity contribution >= 4 is 29.0 Å². The van der Waals surface area contributed by atoms with Gasteiger partial charge in [0.15, 0.2) is 0 Å². The van der Waals surface area contributed by atoms with E-state index < -0.39 is 0 Å². The molecule has 7 heteroatoms. The third-order valence-corrected chi connectivity index (χ3v) is 5.47. The van der Waals surface area contributed by atoms with Crippen molar-refractivity contribution in [3.63, 3.8) is 0 Å². The summed E-state index contributed by atoms with van der Waals surface area (Å²) < 4.78 is 5.25. The van der Waals surface area contributed by atoms with E-state index in [1.807, 2.05) is 42.1 Å². The number of thioether (sulfide) groups is 1. The van der Waals surface area contributed by atoms with E-state index in [-0.39, 0.29) is 5.91 Å². The van der Waals surface area contributed by atoms with E-state index in [9.17, 15) is 4.79 Å². The first-order valence-corrected chi connectivity index (χ1v) is 10.6. The van der Waals surface area contributed by atoms with Crippen molar-refractivity contribution in [1.29, 1.82) is 0 Å². The van der Waals surface area contributed by atoms with Gasteiger partial charge >= 0.3 is 0 Å². The quantitative estimate of drug-likeness (QED) is 0.529. The number of amides is 1. The van der Waals surface area contributed by atoms with Crippen LogP contribution in [0.15, 0.2) is 51.7 Å². The summed E-state index contributed by atoms with van der Waals surface area (Å²) in [5.41, 5.74) is 2.28. The number of rotatable bonds is 10. The van der Waals surface area contributed by atoms with Gasteiger partial charge in [0.25, 0.3) is 0 Å². The summed E-state index contributed by atoms with van der Waals surface area (Å²) in [6.07, 6.45) is 1.78. The molecule has 0 bridgehead atoms. The normalized spacial score (nSPS) is 10.8. The van der Waals surface area contributed by atoms with Gasteiger partial charge in [-0.15, -0.1) is 0 Å². The fraction of sp³-hybridized carbons (Fsp3) is 0.316. The molecule has 3 rings (SSSR count). The van der Waals surface area contributed by atoms with Crippen LogP contribution in [0, 0.1) is 0 Å². The summed E-state index contributed by atoms with van der Waals surface area (Å²) in [5, 5.41) is 11.2. The van der Waals surface area contributed by atoms with Crippen molar-refractivity contribution in [2.75, 3.05) is 12.3 Å². The predicted octanol–water partition coefficient (Wildman–Crippen LogP) is 4.17. The molecule has 0 saturated carbocycles. The van der Waals surface area contributed by atoms with E-state index in [0.717, 1.165) is 17.1 Å². The van der Waals surface area contributed by atoms with Gasteiger partial charge in [-0.2, -0.15) is 28.1 Å². The number of thiophene rings is 1. The van der Waals surface area contributed by atoms with Gasteiger partial charge in [-0.05, 0) is 28.8 Å². The van der Waals surface area contributed by atoms with E-state index in [1.165, 1.54) is 5.56 Å². The predicted molar refractivity (Wildman–Crippen MR) is 106 cm³/mol. The lowest BCUT2D eigenvalue weighted by atomic mass is 10.2. The molecule has 0 atom stereocenters. The summed E-state index contributed by atoms with van der Waals surface area (Å²) in [6.45, 7) is 0.701. The number of aromatic nitrogens is 2. The van der Waals surface area contributed by atoms with Crippen LogP contribution in [0.25, 0.3) is 11.4 Å². The molecule has 0 unspecified atom stereocenters. The molecule has 1 amide bonds. The summed E-state index contributed by atoms with van der Waals surface area (Å²) in [7, 11) is 0. The number of aryl methyl sites for hydroxylation is 1. The molecule has 136 valence electrons. The van der Waals surface area contributed by atoms with Gasteiger partial charge in [0, 0.05) is 36.5 Å². The van der Waals surface area contributed by atoms with Crippen molar-refractivity contribution < 1.29 is 9.32 Å². The first-order chi connectivity index (χ1) is 12.8. The number of nitrogens with one attached hydrogen (secondary N) is 1. The van der Waals surface area contributed by atoms with Gasteiger partial charge in [-0.3, -0.25) is 4.79 Å². The molecule has 0 aliphatic heterocycles. The van der Waals surface area contributed by atoms with Crippen LogP contribution in [0.3, 0.4) is 0 Å². The smallest absolute Gasteiger partial charge is 0.226 e. The molecule has 26 heavy (non-hydrogen) atoms. The highest BCUT2D eigenvalue weighted by atomic mass is 32.2. The van der Waals surface area contributed by atoms with Crippen LogP contribution in [0.1, 0.15) is 24.3 Å². The Morgan fingerprint density at radius 1 is 1.23 bits per heavy atom. The van der Waals surface area contributed by atoms with Gasteiger partial charge in [0.2, 0.25) is 17.6 Å². The van der Waals surface area contributed by atoms with E-state index in [0.29, 0.717) is 37.5 Å². The molecule has 0 radical (unpaired) electrons. The highest BCUT2D eigenvalue weighted by Gasteiger charge is 2.09. The standard InChI is InChI=1S/C19H21N3O2S2/c23-17(20-10-12-26-14-15-9-11-25-13-15)7-4-8-18-21-19(22-24-18)16-5-2-1-3-6-16/h1-3,5-6,9,11,13H,4,7-8,10,12,14H2,(H,20,23). The molecule has 0 fully saturated rings. The van der Waals surface area contributed by atoms with Crippen molar-refractivity contribution in [3.05, 3.63) is 58.6 Å². The Kier molecular flexibility index (Phi) is 7.27. The maximum atomic E-state index is 11.9. The minimum absolute atomic E-state index is 0.0731. The highest BCUT2D eigenvalue weighted by molar-refractivity contribution is 7.98. The van der Waals surface area contributed by atoms with Crippen LogP contribution < -0.4 is 5.32 Å². The second kappa shape index (κ2) is 10.1. The molecular formula is C19H21N3O2S2. The minimum atomic E-state index is 0.0731. The lowest BCUT2D eigenvalue weighted by molar-refractivity contribution is -0.121. The van der Waals surface area contributed by atoms with E-state index >= 15 is 0 Å². The molecular weight excluding hydrogens is 366 g/mol. The highest BCUT2D eigenvalue weighted by Crippen LogP contribution is 2.16. The summed E-state index contributed by atoms with van der Waals surface area (Å²) in [6, 6.07) is 11.8. The summed E-state index contributed by atoms with van der Waals surface area (Å²) >= 11 is 3.55. The third-order valence-electron chi connectivity index (χ3n) is 3.71. The SMILES string of the molecule is O=C(CCCc1nc(-c2ccccc2)no1)NCCSCc1ccsc1. The summed E-state index contributed by atoms with van der Waals surface area (Å²) in [5.74, 6) is 3.16. The van der Waals surface area contributed by atoms with Gasteiger partial charge < -0.3 is 9.84 Å². The number of benzene rings is 1. The Labute approximate surface area is 161 Å². The van der Waals surface area contributed by atoms with Crippen LogP contribution in [0.5, 0.6) is 0 Å². The van der Waals surface area contributed by atoms with Crippen LogP contribution in [-0.2, 0) is 17.0 Å². The maximum Gasteiger partial charge on any atom is 0.226 e. The van der Waals surface area contributed by atoms with Crippen molar-refractivity contribution in [1.82, 2.24) is 15.5 Å². The average molecular weight is 388 g/mol. The lowest BCUT2D eigenvalue weighted by Crippen LogP contribution is -2.25. The van der Waals surface area contributed by atoms with Gasteiger partial charge in [0.05, 0.1) is 0 Å². The molecule has 3 aromatic rings. The van der Waals surface area contributed by atoms with Crippen molar-refractivity contribution in [3.8, 4) is 11.4 Å². The number of nitrogens with zero attached hydrogens (tertiary/aromatic N) is 2. The zero-order chi connectivity index (χ0) is 18.0. The van der Waals surface area contributed by atoms with E-state index in [1.54, 1.807) is 11.3 Å². The van der Waals surface area contributed by atoms with Crippen molar-refractivity contribution in [2.24, 2.45) is 0 Å². The largest absolute Gasteiger partial charge is 0.355 e. The Balaban J connectivity index is 1.28. The molecule has 5 nitrogen and oxygen atoms in total. The Morgan fingerprint density at radius 3 is 2.92 bits per heavy atom. The number of hydrogen-bond donors (Lipinski definition) is 1. The molecule has 1 N–H and O–H groups in total. The molecule has 0 saturated heterocycles. The van der Waals surface area contributed by atoms with Crippen LogP contribution >= 0.6 is 23.1 Å². The van der Waals surface area contributed by atoms with E-state index in [4.69, 9.17) is 4.52 Å². The fourth-order valence-corrected chi connectivity index (χ4v) is 3.96. The lowest BCUT2D eigenvalue weighted by Gasteiger charge is -2.04. The average Bonchev–Trinajstić information content (AvgIpc) is 3.34. The maximum absolute atomic E-state index is 11.9. The van der Waals surface area contributed by atoms with E-state index in [2.05, 4.69) is 32.3 Å². The summed E-state index contributed by atoms with van der Waals surface area (Å²) in [4.78, 5) is 16.2. The van der Waals surface area contributed by atoms with Crippen LogP contribution in [0.4, 0.5) is 0 Å². The van der Waals surface area contributed by atoms with Gasteiger partial charge in [0.1, 0.15) is 0 Å². The minimum Gasteiger partial charge on any atom is -0.355 e. The Morgan fingerprint density at radius 2 is 2.12 bits per heavy atom. The molecule has 2 heterocycles. The Bertz CT molecular complexity index is 788. The third kappa shape index (κ3) is 6.00. The van der Waals surface area contributed by atoms with Gasteiger partial charge in [-0.25, -0.2) is 0 Å². The van der Waals surface area contributed by atoms with Crippen LogP contribution in [0.2, 0.25) is 0 Å². The Hall–Kier alpha value is -2.12. The molecule has 2 aromatic heterocycles.